The Labute approximate surface area is 161 Å². The molecule has 7 heteroatoms. The maximum atomic E-state index is 12.7. The zero-order valence-electron chi connectivity index (χ0n) is 15.1. The lowest BCUT2D eigenvalue weighted by atomic mass is 10.1. The van der Waals surface area contributed by atoms with E-state index in [9.17, 15) is 4.79 Å². The second kappa shape index (κ2) is 7.71. The fourth-order valence-corrected chi connectivity index (χ4v) is 2.88. The van der Waals surface area contributed by atoms with E-state index >= 15 is 0 Å². The Morgan fingerprint density at radius 1 is 1.07 bits per heavy atom. The first-order valence-corrected chi connectivity index (χ1v) is 8.68. The summed E-state index contributed by atoms with van der Waals surface area (Å²) in [6.07, 6.45) is 3.20. The van der Waals surface area contributed by atoms with Gasteiger partial charge in [0.2, 0.25) is 0 Å². The minimum absolute atomic E-state index is 0.360. The zero-order valence-corrected chi connectivity index (χ0v) is 15.1. The van der Waals surface area contributed by atoms with Gasteiger partial charge in [-0.05, 0) is 6.92 Å². The van der Waals surface area contributed by atoms with Gasteiger partial charge in [0.1, 0.15) is 17.0 Å². The smallest absolute Gasteiger partial charge is 0.277 e. The Morgan fingerprint density at radius 3 is 2.46 bits per heavy atom. The number of aromatic nitrogens is 3. The van der Waals surface area contributed by atoms with Crippen LogP contribution in [0, 0.1) is 6.92 Å². The van der Waals surface area contributed by atoms with E-state index in [0.717, 1.165) is 22.4 Å². The van der Waals surface area contributed by atoms with Crippen LogP contribution in [0.3, 0.4) is 0 Å². The van der Waals surface area contributed by atoms with Crippen LogP contribution in [0.25, 0.3) is 22.5 Å². The van der Waals surface area contributed by atoms with E-state index in [1.807, 2.05) is 60.7 Å². The Bertz CT molecular complexity index is 1110. The molecule has 2 N–H and O–H groups in total. The van der Waals surface area contributed by atoms with E-state index in [1.165, 1.54) is 0 Å². The molecule has 0 aliphatic rings. The van der Waals surface area contributed by atoms with Crippen molar-refractivity contribution in [2.45, 2.75) is 6.92 Å². The average Bonchev–Trinajstić information content (AvgIpc) is 3.36. The summed E-state index contributed by atoms with van der Waals surface area (Å²) in [5.74, 6) is 0.0402. The normalized spacial score (nSPS) is 11.0. The molecule has 28 heavy (non-hydrogen) atoms. The van der Waals surface area contributed by atoms with Crippen LogP contribution in [0.5, 0.6) is 0 Å². The molecule has 0 bridgehead atoms. The summed E-state index contributed by atoms with van der Waals surface area (Å²) < 4.78 is 5.22. The number of carbonyl (C=O) groups is 1. The number of carbonyl (C=O) groups excluding carboxylic acids is 1. The van der Waals surface area contributed by atoms with Crippen LogP contribution in [0.2, 0.25) is 0 Å². The van der Waals surface area contributed by atoms with E-state index in [-0.39, 0.29) is 0 Å². The number of hydrogen-bond donors (Lipinski definition) is 2. The number of nitrogens with one attached hydrogen (secondary N) is 2. The van der Waals surface area contributed by atoms with Crippen molar-refractivity contribution in [1.29, 1.82) is 0 Å². The van der Waals surface area contributed by atoms with E-state index < -0.39 is 5.91 Å². The minimum atomic E-state index is -0.390. The van der Waals surface area contributed by atoms with Gasteiger partial charge in [0.25, 0.3) is 5.91 Å². The second-order valence-corrected chi connectivity index (χ2v) is 6.09. The van der Waals surface area contributed by atoms with Crippen molar-refractivity contribution in [3.05, 3.63) is 83.7 Å². The molecular formula is C21H17N5O2. The van der Waals surface area contributed by atoms with Crippen LogP contribution in [0.4, 0.5) is 0 Å². The summed E-state index contributed by atoms with van der Waals surface area (Å²) >= 11 is 0. The molecule has 0 unspecified atom stereocenters. The van der Waals surface area contributed by atoms with Gasteiger partial charge in [-0.2, -0.15) is 10.2 Å². The summed E-state index contributed by atoms with van der Waals surface area (Å²) in [4.78, 5) is 12.7. The highest BCUT2D eigenvalue weighted by Gasteiger charge is 2.21. The van der Waals surface area contributed by atoms with Crippen molar-refractivity contribution in [3.63, 3.8) is 0 Å². The van der Waals surface area contributed by atoms with Crippen LogP contribution in [-0.2, 0) is 0 Å². The van der Waals surface area contributed by atoms with Crippen LogP contribution in [0.15, 0.2) is 76.5 Å². The van der Waals surface area contributed by atoms with Gasteiger partial charge in [-0.15, -0.1) is 0 Å². The average molecular weight is 371 g/mol. The first kappa shape index (κ1) is 17.4. The second-order valence-electron chi connectivity index (χ2n) is 6.09. The van der Waals surface area contributed by atoms with Crippen LogP contribution in [-0.4, -0.2) is 27.5 Å². The Morgan fingerprint density at radius 2 is 1.75 bits per heavy atom. The molecule has 0 atom stereocenters. The lowest BCUT2D eigenvalue weighted by Gasteiger charge is -2.02. The number of rotatable bonds is 5. The number of amides is 1. The van der Waals surface area contributed by atoms with Gasteiger partial charge in [-0.3, -0.25) is 9.89 Å². The van der Waals surface area contributed by atoms with Crippen molar-refractivity contribution < 1.29 is 9.32 Å². The Kier molecular flexibility index (Phi) is 4.79. The van der Waals surface area contributed by atoms with E-state index in [2.05, 4.69) is 25.9 Å². The van der Waals surface area contributed by atoms with Gasteiger partial charge in [0.05, 0.1) is 18.1 Å². The Hall–Kier alpha value is -4.00. The van der Waals surface area contributed by atoms with Crippen LogP contribution < -0.4 is 5.43 Å². The van der Waals surface area contributed by atoms with Gasteiger partial charge in [-0.1, -0.05) is 65.8 Å². The molecule has 0 spiro atoms. The standard InChI is InChI=1S/C21H17N5O2/c1-14-18(20(26-28-14)16-10-6-3-7-11-16)21(27)25-23-13-17-12-22-24-19(17)15-8-4-2-5-9-15/h2-13H,1H3,(H,22,24)(H,25,27). The molecule has 4 aromatic rings. The largest absolute Gasteiger partial charge is 0.360 e. The molecule has 0 radical (unpaired) electrons. The Balaban J connectivity index is 1.54. The van der Waals surface area contributed by atoms with Crippen molar-refractivity contribution in [2.24, 2.45) is 5.10 Å². The number of H-pyrrole nitrogens is 1. The summed E-state index contributed by atoms with van der Waals surface area (Å²) in [7, 11) is 0. The van der Waals surface area contributed by atoms with E-state index in [0.29, 0.717) is 17.0 Å². The molecule has 2 aromatic heterocycles. The molecule has 0 saturated carbocycles. The topological polar surface area (TPSA) is 96.2 Å². The third-order valence-electron chi connectivity index (χ3n) is 4.24. The molecular weight excluding hydrogens is 354 g/mol. The van der Waals surface area contributed by atoms with Gasteiger partial charge >= 0.3 is 0 Å². The minimum Gasteiger partial charge on any atom is -0.360 e. The number of hydrazone groups is 1. The summed E-state index contributed by atoms with van der Waals surface area (Å²) in [6, 6.07) is 19.2. The van der Waals surface area contributed by atoms with Crippen molar-refractivity contribution in [1.82, 2.24) is 20.8 Å². The molecule has 0 fully saturated rings. The fourth-order valence-electron chi connectivity index (χ4n) is 2.88. The van der Waals surface area contributed by atoms with Crippen molar-refractivity contribution in [3.8, 4) is 22.5 Å². The third-order valence-corrected chi connectivity index (χ3v) is 4.24. The fraction of sp³-hybridized carbons (Fsp3) is 0.0476. The van der Waals surface area contributed by atoms with Crippen LogP contribution >= 0.6 is 0 Å². The predicted octanol–water partition coefficient (Wildman–Crippen LogP) is 3.80. The molecule has 0 saturated heterocycles. The highest BCUT2D eigenvalue weighted by atomic mass is 16.5. The number of hydrogen-bond acceptors (Lipinski definition) is 5. The van der Waals surface area contributed by atoms with Gasteiger partial charge in [0.15, 0.2) is 0 Å². The predicted molar refractivity (Wildman–Crippen MR) is 106 cm³/mol. The number of aromatic amines is 1. The summed E-state index contributed by atoms with van der Waals surface area (Å²) in [5.41, 5.74) is 6.75. The number of nitrogens with zero attached hydrogens (tertiary/aromatic N) is 3. The highest BCUT2D eigenvalue weighted by molar-refractivity contribution is 6.01. The molecule has 2 heterocycles. The quantitative estimate of drug-likeness (QED) is 0.412. The molecule has 0 aliphatic heterocycles. The SMILES string of the molecule is Cc1onc(-c2ccccc2)c1C(=O)NN=Cc1cn[nH]c1-c1ccccc1. The molecule has 2 aromatic carbocycles. The lowest BCUT2D eigenvalue weighted by molar-refractivity contribution is 0.0954. The highest BCUT2D eigenvalue weighted by Crippen LogP contribution is 2.25. The van der Waals surface area contributed by atoms with Crippen molar-refractivity contribution in [2.75, 3.05) is 0 Å². The van der Waals surface area contributed by atoms with Gasteiger partial charge in [0, 0.05) is 16.7 Å². The molecule has 0 aliphatic carbocycles. The van der Waals surface area contributed by atoms with E-state index in [4.69, 9.17) is 4.52 Å². The molecule has 7 nitrogen and oxygen atoms in total. The molecule has 1 amide bonds. The first-order valence-electron chi connectivity index (χ1n) is 8.68. The maximum absolute atomic E-state index is 12.7. The third kappa shape index (κ3) is 3.45. The van der Waals surface area contributed by atoms with Gasteiger partial charge < -0.3 is 4.52 Å². The number of aryl methyl sites for hydroxylation is 1. The number of benzene rings is 2. The molecule has 138 valence electrons. The van der Waals surface area contributed by atoms with E-state index in [1.54, 1.807) is 19.3 Å². The molecule has 4 rings (SSSR count). The lowest BCUT2D eigenvalue weighted by Crippen LogP contribution is -2.18. The zero-order chi connectivity index (χ0) is 19.3. The first-order chi connectivity index (χ1) is 13.7. The van der Waals surface area contributed by atoms with Gasteiger partial charge in [-0.25, -0.2) is 5.43 Å². The monoisotopic (exact) mass is 371 g/mol. The summed E-state index contributed by atoms with van der Waals surface area (Å²) in [5, 5.41) is 15.1. The maximum Gasteiger partial charge on any atom is 0.277 e. The van der Waals surface area contributed by atoms with Crippen LogP contribution in [0.1, 0.15) is 21.7 Å². The van der Waals surface area contributed by atoms with Crippen molar-refractivity contribution >= 4 is 12.1 Å². The summed E-state index contributed by atoms with van der Waals surface area (Å²) in [6.45, 7) is 1.70.